The minimum absolute atomic E-state index is 0.185. The Morgan fingerprint density at radius 2 is 1.92 bits per heavy atom. The second kappa shape index (κ2) is 5.73. The molecule has 0 spiro atoms. The number of pyridine rings is 2. The standard InChI is InChI=1S/C19H19N5O/c1-4-23-10-15(9-21-23)24-11-17-18(19(24)25)13(3)6-16(22-17)14-5-12(2)7-20-8-14/h5-11,25H,4H2,1-3H3. The van der Waals surface area contributed by atoms with Gasteiger partial charge >= 0.3 is 0 Å². The molecule has 0 unspecified atom stereocenters. The molecular weight excluding hydrogens is 314 g/mol. The van der Waals surface area contributed by atoms with Gasteiger partial charge in [0.2, 0.25) is 5.88 Å². The lowest BCUT2D eigenvalue weighted by Gasteiger charge is -2.05. The van der Waals surface area contributed by atoms with Gasteiger partial charge in [0.15, 0.2) is 0 Å². The average molecular weight is 333 g/mol. The van der Waals surface area contributed by atoms with Crippen LogP contribution >= 0.6 is 0 Å². The molecular formula is C19H19N5O. The molecule has 0 bridgehead atoms. The highest BCUT2D eigenvalue weighted by Crippen LogP contribution is 2.33. The van der Waals surface area contributed by atoms with Gasteiger partial charge < -0.3 is 5.11 Å². The fourth-order valence-electron chi connectivity index (χ4n) is 3.08. The van der Waals surface area contributed by atoms with Crippen LogP contribution in [0.25, 0.3) is 27.8 Å². The summed E-state index contributed by atoms with van der Waals surface area (Å²) in [5.74, 6) is 0.185. The van der Waals surface area contributed by atoms with E-state index in [0.29, 0.717) is 0 Å². The Labute approximate surface area is 145 Å². The summed E-state index contributed by atoms with van der Waals surface area (Å²) in [5, 5.41) is 15.7. The number of rotatable bonds is 3. The highest BCUT2D eigenvalue weighted by Gasteiger charge is 2.16. The summed E-state index contributed by atoms with van der Waals surface area (Å²) < 4.78 is 3.55. The Morgan fingerprint density at radius 3 is 2.64 bits per heavy atom. The monoisotopic (exact) mass is 333 g/mol. The van der Waals surface area contributed by atoms with Crippen LogP contribution in [-0.4, -0.2) is 29.4 Å². The minimum Gasteiger partial charge on any atom is -0.494 e. The lowest BCUT2D eigenvalue weighted by Crippen LogP contribution is -1.93. The Morgan fingerprint density at radius 1 is 1.08 bits per heavy atom. The molecule has 126 valence electrons. The second-order valence-electron chi connectivity index (χ2n) is 6.21. The van der Waals surface area contributed by atoms with Crippen molar-refractivity contribution in [3.63, 3.8) is 0 Å². The largest absolute Gasteiger partial charge is 0.494 e. The maximum atomic E-state index is 10.7. The SMILES string of the molecule is CCn1cc(-n2cc3nc(-c4cncc(C)c4)cc(C)c3c2O)cn1. The second-order valence-corrected chi connectivity index (χ2v) is 6.21. The highest BCUT2D eigenvalue weighted by molar-refractivity contribution is 5.90. The molecule has 4 heterocycles. The van der Waals surface area contributed by atoms with Crippen molar-refractivity contribution >= 4 is 10.9 Å². The van der Waals surface area contributed by atoms with E-state index in [-0.39, 0.29) is 5.88 Å². The zero-order chi connectivity index (χ0) is 17.6. The van der Waals surface area contributed by atoms with E-state index < -0.39 is 0 Å². The summed E-state index contributed by atoms with van der Waals surface area (Å²) in [6.45, 7) is 6.80. The lowest BCUT2D eigenvalue weighted by molar-refractivity contribution is 0.448. The number of aromatic nitrogens is 5. The van der Waals surface area contributed by atoms with Crippen LogP contribution in [0.2, 0.25) is 0 Å². The van der Waals surface area contributed by atoms with E-state index in [0.717, 1.165) is 45.5 Å². The molecule has 4 aromatic rings. The summed E-state index contributed by atoms with van der Waals surface area (Å²) in [7, 11) is 0. The summed E-state index contributed by atoms with van der Waals surface area (Å²) in [6, 6.07) is 4.04. The van der Waals surface area contributed by atoms with E-state index in [1.165, 1.54) is 0 Å². The third-order valence-electron chi connectivity index (χ3n) is 4.34. The van der Waals surface area contributed by atoms with Crippen molar-refractivity contribution < 1.29 is 5.11 Å². The Kier molecular flexibility index (Phi) is 3.53. The number of nitrogens with zero attached hydrogens (tertiary/aromatic N) is 5. The first kappa shape index (κ1) is 15.4. The predicted octanol–water partition coefficient (Wildman–Crippen LogP) is 3.63. The molecule has 0 radical (unpaired) electrons. The fraction of sp³-hybridized carbons (Fsp3) is 0.211. The molecule has 0 aromatic carbocycles. The molecule has 4 aromatic heterocycles. The van der Waals surface area contributed by atoms with Crippen LogP contribution in [0, 0.1) is 13.8 Å². The third-order valence-corrected chi connectivity index (χ3v) is 4.34. The van der Waals surface area contributed by atoms with Crippen LogP contribution in [-0.2, 0) is 6.54 Å². The van der Waals surface area contributed by atoms with E-state index in [2.05, 4.69) is 16.1 Å². The molecule has 25 heavy (non-hydrogen) atoms. The van der Waals surface area contributed by atoms with Crippen LogP contribution in [0.15, 0.2) is 43.1 Å². The van der Waals surface area contributed by atoms with Gasteiger partial charge in [0.25, 0.3) is 0 Å². The molecule has 0 fully saturated rings. The van der Waals surface area contributed by atoms with Gasteiger partial charge in [0.05, 0.1) is 28.5 Å². The number of fused-ring (bicyclic) bond motifs is 1. The van der Waals surface area contributed by atoms with Crippen LogP contribution in [0.1, 0.15) is 18.1 Å². The smallest absolute Gasteiger partial charge is 0.205 e. The number of aromatic hydroxyl groups is 1. The molecule has 6 heteroatoms. The van der Waals surface area contributed by atoms with Gasteiger partial charge in [0, 0.05) is 36.9 Å². The number of hydrogen-bond acceptors (Lipinski definition) is 4. The van der Waals surface area contributed by atoms with Gasteiger partial charge in [-0.2, -0.15) is 5.10 Å². The van der Waals surface area contributed by atoms with Gasteiger partial charge in [-0.15, -0.1) is 0 Å². The van der Waals surface area contributed by atoms with E-state index in [9.17, 15) is 5.11 Å². The van der Waals surface area contributed by atoms with Gasteiger partial charge in [-0.05, 0) is 44.0 Å². The topological polar surface area (TPSA) is 68.8 Å². The molecule has 0 amide bonds. The van der Waals surface area contributed by atoms with Crippen molar-refractivity contribution in [1.82, 2.24) is 24.3 Å². The van der Waals surface area contributed by atoms with Crippen LogP contribution in [0.5, 0.6) is 5.88 Å². The Hall–Kier alpha value is -3.15. The van der Waals surface area contributed by atoms with Crippen LogP contribution in [0.3, 0.4) is 0 Å². The summed E-state index contributed by atoms with van der Waals surface area (Å²) in [4.78, 5) is 8.98. The highest BCUT2D eigenvalue weighted by atomic mass is 16.3. The van der Waals surface area contributed by atoms with Crippen LogP contribution in [0.4, 0.5) is 0 Å². The number of hydrogen-bond donors (Lipinski definition) is 1. The third kappa shape index (κ3) is 2.55. The van der Waals surface area contributed by atoms with Crippen molar-refractivity contribution in [3.05, 3.63) is 54.2 Å². The summed E-state index contributed by atoms with van der Waals surface area (Å²) in [6.07, 6.45) is 9.12. The fourth-order valence-corrected chi connectivity index (χ4v) is 3.08. The van der Waals surface area contributed by atoms with Crippen molar-refractivity contribution in [2.45, 2.75) is 27.3 Å². The average Bonchev–Trinajstić information content (AvgIpc) is 3.19. The maximum Gasteiger partial charge on any atom is 0.205 e. The zero-order valence-electron chi connectivity index (χ0n) is 14.4. The van der Waals surface area contributed by atoms with Crippen LogP contribution < -0.4 is 0 Å². The van der Waals surface area contributed by atoms with E-state index in [4.69, 9.17) is 4.98 Å². The zero-order valence-corrected chi connectivity index (χ0v) is 14.4. The molecule has 0 saturated heterocycles. The van der Waals surface area contributed by atoms with E-state index >= 15 is 0 Å². The van der Waals surface area contributed by atoms with Gasteiger partial charge in [0.1, 0.15) is 0 Å². The van der Waals surface area contributed by atoms with Crippen molar-refractivity contribution in [2.75, 3.05) is 0 Å². The maximum absolute atomic E-state index is 10.7. The predicted molar refractivity (Wildman–Crippen MR) is 96.9 cm³/mol. The summed E-state index contributed by atoms with van der Waals surface area (Å²) >= 11 is 0. The first-order valence-electron chi connectivity index (χ1n) is 8.23. The van der Waals surface area contributed by atoms with E-state index in [1.54, 1.807) is 10.8 Å². The molecule has 0 aliphatic heterocycles. The van der Waals surface area contributed by atoms with Gasteiger partial charge in [-0.25, -0.2) is 4.98 Å². The molecule has 1 N–H and O–H groups in total. The minimum atomic E-state index is 0.185. The first-order chi connectivity index (χ1) is 12.1. The summed E-state index contributed by atoms with van der Waals surface area (Å²) in [5.41, 5.74) is 5.44. The quantitative estimate of drug-likeness (QED) is 0.621. The first-order valence-corrected chi connectivity index (χ1v) is 8.23. The molecule has 0 aliphatic rings. The Bertz CT molecular complexity index is 1080. The number of aryl methyl sites for hydroxylation is 3. The molecule has 0 saturated carbocycles. The molecule has 4 rings (SSSR count). The van der Waals surface area contributed by atoms with Crippen molar-refractivity contribution in [1.29, 1.82) is 0 Å². The van der Waals surface area contributed by atoms with Gasteiger partial charge in [-0.1, -0.05) is 0 Å². The Balaban J connectivity index is 1.89. The molecule has 0 atom stereocenters. The van der Waals surface area contributed by atoms with Gasteiger partial charge in [-0.3, -0.25) is 14.2 Å². The van der Waals surface area contributed by atoms with Crippen molar-refractivity contribution in [3.8, 4) is 22.8 Å². The van der Waals surface area contributed by atoms with E-state index in [1.807, 2.05) is 56.3 Å². The molecule has 0 aliphatic carbocycles. The normalized spacial score (nSPS) is 11.3. The van der Waals surface area contributed by atoms with Crippen molar-refractivity contribution in [2.24, 2.45) is 0 Å². The lowest BCUT2D eigenvalue weighted by atomic mass is 10.1. The molecule has 6 nitrogen and oxygen atoms in total.